The van der Waals surface area contributed by atoms with Crippen molar-refractivity contribution in [2.24, 2.45) is 94.7 Å². The molecule has 16 nitrogen and oxygen atoms in total. The van der Waals surface area contributed by atoms with Crippen molar-refractivity contribution in [3.05, 3.63) is 0 Å². The van der Waals surface area contributed by atoms with Crippen LogP contribution in [0, 0.1) is 124 Å². The van der Waals surface area contributed by atoms with Gasteiger partial charge >= 0.3 is 0 Å². The summed E-state index contributed by atoms with van der Waals surface area (Å²) in [5, 5.41) is 67.6. The van der Waals surface area contributed by atoms with Crippen molar-refractivity contribution in [3.8, 4) is 0 Å². The van der Waals surface area contributed by atoms with Crippen molar-refractivity contribution in [1.82, 2.24) is 85.1 Å². The number of nitrogens with one attached hydrogen (secondary N) is 16. The molecule has 0 aromatic heterocycles. The molecule has 16 unspecified atom stereocenters. The SMILES string of the molecule is C1CCC2C3NC(NC4NC(NC5NC(NC6NC(N3)C3CCCCC63)C3CCCCC53)C3CCCCC43)C2C1.C1CCC2C3NC(NC4NC(NC5NC(NC6NC(N3)C3CCCCC63)C3CCCCC53)C3CCCCC43)C2C1.[Pu]. The molecule has 18 aliphatic rings. The first kappa shape index (κ1) is 56.6. The van der Waals surface area contributed by atoms with Gasteiger partial charge in [-0.15, -0.1) is 0 Å². The summed E-state index contributed by atoms with van der Waals surface area (Å²) >= 11 is 0. The Labute approximate surface area is 509 Å². The molecule has 18 fully saturated rings. The van der Waals surface area contributed by atoms with Crippen LogP contribution in [0.2, 0.25) is 0 Å². The summed E-state index contributed by atoms with van der Waals surface area (Å²) in [6.45, 7) is 0. The average molecular weight is 1350 g/mol. The minimum Gasteiger partial charge on any atom is -0.286 e. The minimum absolute atomic E-state index is 0. The molecule has 0 spiro atoms. The van der Waals surface area contributed by atoms with Gasteiger partial charge in [0.15, 0.2) is 0 Å². The van der Waals surface area contributed by atoms with Crippen LogP contribution in [-0.2, 0) is 0 Å². The van der Waals surface area contributed by atoms with Crippen molar-refractivity contribution in [2.75, 3.05) is 0 Å². The van der Waals surface area contributed by atoms with Gasteiger partial charge in [0.1, 0.15) is 0 Å². The molecule has 0 aromatic rings. The zero-order valence-electron chi connectivity index (χ0n) is 49.5. The van der Waals surface area contributed by atoms with Crippen molar-refractivity contribution >= 4 is 0 Å². The van der Waals surface area contributed by atoms with E-state index in [1.165, 1.54) is 205 Å². The van der Waals surface area contributed by atoms with Gasteiger partial charge in [-0.1, -0.05) is 103 Å². The van der Waals surface area contributed by atoms with E-state index in [2.05, 4.69) is 85.1 Å². The van der Waals surface area contributed by atoms with Crippen molar-refractivity contribution < 1.29 is 29.2 Å². The predicted molar refractivity (Wildman–Crippen MR) is 314 cm³/mol. The molecule has 0 aromatic carbocycles. The van der Waals surface area contributed by atoms with Gasteiger partial charge in [0.25, 0.3) is 0 Å². The quantitative estimate of drug-likeness (QED) is 0.151. The maximum absolute atomic E-state index is 4.26. The molecule has 17 heteroatoms. The molecular formula is C64H112N16Pu. The van der Waals surface area contributed by atoms with Crippen LogP contribution in [0.15, 0.2) is 0 Å². The summed E-state index contributed by atoms with van der Waals surface area (Å²) < 4.78 is 0. The van der Waals surface area contributed by atoms with E-state index in [1.807, 2.05) is 0 Å². The molecule has 10 saturated heterocycles. The predicted octanol–water partition coefficient (Wildman–Crippen LogP) is 5.21. The van der Waals surface area contributed by atoms with Gasteiger partial charge in [-0.25, -0.2) is 0 Å². The average Bonchev–Trinajstić information content (AvgIpc) is 4.47. The van der Waals surface area contributed by atoms with E-state index >= 15 is 0 Å². The van der Waals surface area contributed by atoms with Crippen molar-refractivity contribution in [2.45, 2.75) is 304 Å². The van der Waals surface area contributed by atoms with E-state index in [0.29, 0.717) is 98.7 Å². The maximum atomic E-state index is 4.26. The second-order valence-corrected chi connectivity index (χ2v) is 31.2. The Bertz CT molecular complexity index is 1570. The molecule has 0 amide bonds. The number of hydrogen-bond acceptors (Lipinski definition) is 16. The Morgan fingerprint density at radius 3 is 0.235 bits per heavy atom. The zero-order valence-corrected chi connectivity index (χ0v) is 52.9. The molecule has 8 aliphatic carbocycles. The van der Waals surface area contributed by atoms with E-state index in [1.54, 1.807) is 0 Å². The maximum Gasteiger partial charge on any atom is 0.0628 e. The van der Waals surface area contributed by atoms with Crippen molar-refractivity contribution in [1.29, 1.82) is 0 Å². The van der Waals surface area contributed by atoms with E-state index < -0.39 is 0 Å². The molecule has 8 saturated carbocycles. The Morgan fingerprint density at radius 2 is 0.173 bits per heavy atom. The molecule has 81 heavy (non-hydrogen) atoms. The monoisotopic (exact) mass is 1340 g/mol. The molecular weight excluding hydrogens is 1240 g/mol. The fourth-order valence-corrected chi connectivity index (χ4v) is 23.9. The summed E-state index contributed by atoms with van der Waals surface area (Å²) in [7, 11) is 0. The molecule has 16 N–H and O–H groups in total. The van der Waals surface area contributed by atoms with Gasteiger partial charge in [0.05, 0.1) is 98.7 Å². The fourth-order valence-electron chi connectivity index (χ4n) is 23.9. The summed E-state index contributed by atoms with van der Waals surface area (Å²) in [6, 6.07) is 0. The zero-order chi connectivity index (χ0) is 52.4. The number of hydrogen-bond donors (Lipinski definition) is 16. The van der Waals surface area contributed by atoms with Gasteiger partial charge in [-0.2, -0.15) is 0 Å². The Kier molecular flexibility index (Phi) is 17.0. The second-order valence-electron chi connectivity index (χ2n) is 31.2. The molecule has 10 aliphatic heterocycles. The van der Waals surface area contributed by atoms with E-state index in [9.17, 15) is 0 Å². The summed E-state index contributed by atoms with van der Waals surface area (Å²) in [6.07, 6.45) is 51.1. The number of fused-ring (bicyclic) bond motifs is 40. The first-order valence-corrected chi connectivity index (χ1v) is 35.8. The molecule has 16 atom stereocenters. The van der Waals surface area contributed by atoms with Crippen LogP contribution in [0.3, 0.4) is 0 Å². The van der Waals surface area contributed by atoms with E-state index in [0.717, 1.165) is 94.7 Å². The molecule has 0 radical (unpaired) electrons. The van der Waals surface area contributed by atoms with Crippen LogP contribution < -0.4 is 85.1 Å². The van der Waals surface area contributed by atoms with Gasteiger partial charge in [-0.3, -0.25) is 85.1 Å². The molecule has 18 rings (SSSR count). The van der Waals surface area contributed by atoms with Gasteiger partial charge in [0.2, 0.25) is 0 Å². The summed E-state index contributed by atoms with van der Waals surface area (Å²) in [5.41, 5.74) is 0. The van der Waals surface area contributed by atoms with Crippen LogP contribution in [0.5, 0.6) is 0 Å². The van der Waals surface area contributed by atoms with Crippen LogP contribution in [0.25, 0.3) is 0 Å². The third kappa shape index (κ3) is 10.5. The van der Waals surface area contributed by atoms with Crippen LogP contribution in [0.1, 0.15) is 205 Å². The van der Waals surface area contributed by atoms with Gasteiger partial charge in [0, 0.05) is 29.2 Å². The van der Waals surface area contributed by atoms with Crippen LogP contribution in [0.4, 0.5) is 0 Å². The summed E-state index contributed by atoms with van der Waals surface area (Å²) in [4.78, 5) is 0. The first-order chi connectivity index (χ1) is 39.6. The Balaban J connectivity index is 0.000000132. The van der Waals surface area contributed by atoms with Crippen molar-refractivity contribution in [3.63, 3.8) is 0 Å². The van der Waals surface area contributed by atoms with E-state index in [-0.39, 0.29) is 29.2 Å². The molecule has 10 heterocycles. The third-order valence-electron chi connectivity index (χ3n) is 27.6. The fraction of sp³-hybridized carbons (Fsp3) is 1.00. The van der Waals surface area contributed by atoms with Crippen LogP contribution >= 0.6 is 0 Å². The van der Waals surface area contributed by atoms with E-state index in [4.69, 9.17) is 0 Å². The number of rotatable bonds is 0. The smallest absolute Gasteiger partial charge is 0.0628 e. The Morgan fingerprint density at radius 1 is 0.111 bits per heavy atom. The molecule has 16 bridgehead atoms. The third-order valence-corrected chi connectivity index (χ3v) is 27.6. The summed E-state index contributed by atoms with van der Waals surface area (Å²) in [5.74, 6) is 11.9. The minimum atomic E-state index is 0. The van der Waals surface area contributed by atoms with Crippen LogP contribution in [-0.4, -0.2) is 98.7 Å². The first-order valence-electron chi connectivity index (χ1n) is 35.8. The molecule has 454 valence electrons. The standard InChI is InChI=1S/2C32H56N8.Pu/c2*1-2-10-18-17(9-1)25-33-26(18)38-28-21-13-5-6-14-22(21)30(35-28)40-32-24-16-8-7-15-23(24)31(36-32)39-29-20-12-4-3-11-19(20)27(34-29)37-25;/h2*17-40H,1-16H2;. The van der Waals surface area contributed by atoms with Gasteiger partial charge in [-0.05, 0) is 197 Å². The largest absolute Gasteiger partial charge is 0.286 e. The van der Waals surface area contributed by atoms with Gasteiger partial charge < -0.3 is 0 Å². The second kappa shape index (κ2) is 24.3. The topological polar surface area (TPSA) is 192 Å². The normalized spacial score (nSPS) is 56.9. The Hall–Kier alpha value is 0.347.